The lowest BCUT2D eigenvalue weighted by molar-refractivity contribution is -0.0199. The van der Waals surface area contributed by atoms with Crippen LogP contribution in [-0.4, -0.2) is 5.11 Å². The molecule has 1 N–H and O–H groups in total. The molecule has 1 nitrogen and oxygen atoms in total. The summed E-state index contributed by atoms with van der Waals surface area (Å²) in [6.07, 6.45) is 3.93. The monoisotopic (exact) mass is 266 g/mol. The molecule has 2 rings (SSSR count). The molecule has 1 fully saturated rings. The minimum absolute atomic E-state index is 0.664. The Kier molecular flexibility index (Phi) is 4.03. The van der Waals surface area contributed by atoms with Crippen molar-refractivity contribution in [1.29, 1.82) is 0 Å². The first-order valence-electron chi connectivity index (χ1n) is 6.91. The van der Waals surface area contributed by atoms with Crippen LogP contribution in [0.15, 0.2) is 18.2 Å². The van der Waals surface area contributed by atoms with E-state index < -0.39 is 5.60 Å². The number of aryl methyl sites for hydroxylation is 1. The molecule has 0 amide bonds. The van der Waals surface area contributed by atoms with Gasteiger partial charge in [-0.1, -0.05) is 37.6 Å². The van der Waals surface area contributed by atoms with E-state index in [2.05, 4.69) is 13.8 Å². The molecule has 18 heavy (non-hydrogen) atoms. The molecule has 0 spiro atoms. The van der Waals surface area contributed by atoms with E-state index in [9.17, 15) is 5.11 Å². The number of rotatable bonds is 2. The molecule has 0 atom stereocenters. The van der Waals surface area contributed by atoms with Crippen molar-refractivity contribution < 1.29 is 5.11 Å². The van der Waals surface area contributed by atoms with Gasteiger partial charge in [0.15, 0.2) is 0 Å². The fourth-order valence-corrected chi connectivity index (χ4v) is 3.14. The summed E-state index contributed by atoms with van der Waals surface area (Å²) in [4.78, 5) is 0. The summed E-state index contributed by atoms with van der Waals surface area (Å²) in [6, 6.07) is 5.97. The first-order chi connectivity index (χ1) is 8.42. The van der Waals surface area contributed by atoms with Crippen LogP contribution in [0, 0.1) is 18.8 Å². The Morgan fingerprint density at radius 1 is 1.28 bits per heavy atom. The predicted molar refractivity (Wildman–Crippen MR) is 76.9 cm³/mol. The number of hydrogen-bond acceptors (Lipinski definition) is 1. The quantitative estimate of drug-likeness (QED) is 0.824. The SMILES string of the molecule is Cc1ccc(C2(O)CCC(C(C)C)CC2)cc1Cl. The van der Waals surface area contributed by atoms with Gasteiger partial charge in [-0.3, -0.25) is 0 Å². The molecule has 2 heteroatoms. The lowest BCUT2D eigenvalue weighted by atomic mass is 9.72. The molecule has 0 saturated heterocycles. The molecule has 0 radical (unpaired) electrons. The van der Waals surface area contributed by atoms with Gasteiger partial charge in [0.05, 0.1) is 5.60 Å². The summed E-state index contributed by atoms with van der Waals surface area (Å²) < 4.78 is 0. The van der Waals surface area contributed by atoms with Crippen LogP contribution >= 0.6 is 11.6 Å². The van der Waals surface area contributed by atoms with Crippen molar-refractivity contribution in [3.63, 3.8) is 0 Å². The van der Waals surface area contributed by atoms with Crippen molar-refractivity contribution in [2.75, 3.05) is 0 Å². The molecule has 0 aromatic heterocycles. The highest BCUT2D eigenvalue weighted by Crippen LogP contribution is 2.42. The van der Waals surface area contributed by atoms with Gasteiger partial charge in [-0.15, -0.1) is 0 Å². The lowest BCUT2D eigenvalue weighted by Crippen LogP contribution is -2.32. The first-order valence-corrected chi connectivity index (χ1v) is 7.29. The van der Waals surface area contributed by atoms with E-state index in [4.69, 9.17) is 11.6 Å². The number of benzene rings is 1. The second-order valence-electron chi connectivity index (χ2n) is 6.08. The van der Waals surface area contributed by atoms with Gasteiger partial charge in [0.1, 0.15) is 0 Å². The fraction of sp³-hybridized carbons (Fsp3) is 0.625. The molecule has 0 bridgehead atoms. The molecular formula is C16H23ClO. The van der Waals surface area contributed by atoms with Gasteiger partial charge in [-0.25, -0.2) is 0 Å². The number of hydrogen-bond donors (Lipinski definition) is 1. The average Bonchev–Trinajstić information content (AvgIpc) is 2.33. The van der Waals surface area contributed by atoms with E-state index in [1.807, 2.05) is 25.1 Å². The minimum atomic E-state index is -0.664. The van der Waals surface area contributed by atoms with Crippen molar-refractivity contribution in [3.8, 4) is 0 Å². The standard InChI is InChI=1S/C16H23ClO/c1-11(2)13-6-8-16(18,9-7-13)14-5-4-12(3)15(17)10-14/h4-5,10-11,13,18H,6-9H2,1-3H3. The van der Waals surface area contributed by atoms with E-state index in [1.165, 1.54) is 0 Å². The van der Waals surface area contributed by atoms with E-state index >= 15 is 0 Å². The zero-order chi connectivity index (χ0) is 13.3. The Balaban J connectivity index is 2.15. The van der Waals surface area contributed by atoms with Gasteiger partial charge in [0.25, 0.3) is 0 Å². The lowest BCUT2D eigenvalue weighted by Gasteiger charge is -2.38. The second-order valence-corrected chi connectivity index (χ2v) is 6.48. The topological polar surface area (TPSA) is 20.2 Å². The molecule has 100 valence electrons. The minimum Gasteiger partial charge on any atom is -0.385 e. The third kappa shape index (κ3) is 2.73. The maximum atomic E-state index is 10.8. The summed E-state index contributed by atoms with van der Waals surface area (Å²) in [5, 5.41) is 11.6. The summed E-state index contributed by atoms with van der Waals surface area (Å²) >= 11 is 6.16. The largest absolute Gasteiger partial charge is 0.385 e. The summed E-state index contributed by atoms with van der Waals surface area (Å²) in [5.41, 5.74) is 1.39. The first kappa shape index (κ1) is 13.9. The molecule has 0 heterocycles. The summed E-state index contributed by atoms with van der Waals surface area (Å²) in [5.74, 6) is 1.47. The van der Waals surface area contributed by atoms with Crippen LogP contribution in [-0.2, 0) is 5.60 Å². The van der Waals surface area contributed by atoms with Gasteiger partial charge in [0.2, 0.25) is 0 Å². The van der Waals surface area contributed by atoms with Crippen molar-refractivity contribution in [1.82, 2.24) is 0 Å². The van der Waals surface area contributed by atoms with Gasteiger partial charge in [-0.2, -0.15) is 0 Å². The second kappa shape index (κ2) is 5.22. The van der Waals surface area contributed by atoms with Crippen LogP contribution in [0.25, 0.3) is 0 Å². The number of halogens is 1. The van der Waals surface area contributed by atoms with Crippen LogP contribution in [0.1, 0.15) is 50.7 Å². The van der Waals surface area contributed by atoms with Gasteiger partial charge in [-0.05, 0) is 61.6 Å². The van der Waals surface area contributed by atoms with Gasteiger partial charge in [0, 0.05) is 5.02 Å². The highest BCUT2D eigenvalue weighted by atomic mass is 35.5. The Hall–Kier alpha value is -0.530. The Morgan fingerprint density at radius 3 is 2.39 bits per heavy atom. The van der Waals surface area contributed by atoms with E-state index in [0.29, 0.717) is 0 Å². The molecule has 1 aliphatic carbocycles. The highest BCUT2D eigenvalue weighted by Gasteiger charge is 2.35. The molecule has 0 aliphatic heterocycles. The van der Waals surface area contributed by atoms with Crippen molar-refractivity contribution in [3.05, 3.63) is 34.3 Å². The zero-order valence-electron chi connectivity index (χ0n) is 11.5. The maximum Gasteiger partial charge on any atom is 0.0897 e. The number of aliphatic hydroxyl groups is 1. The van der Waals surface area contributed by atoms with E-state index in [-0.39, 0.29) is 0 Å². The normalized spacial score (nSPS) is 28.7. The molecule has 1 saturated carbocycles. The predicted octanol–water partition coefficient (Wildman–Crippen LogP) is 4.68. The third-order valence-electron chi connectivity index (χ3n) is 4.51. The smallest absolute Gasteiger partial charge is 0.0897 e. The molecule has 0 unspecified atom stereocenters. The van der Waals surface area contributed by atoms with Crippen LogP contribution < -0.4 is 0 Å². The molecule has 1 aromatic carbocycles. The summed E-state index contributed by atoms with van der Waals surface area (Å²) in [6.45, 7) is 6.54. The zero-order valence-corrected chi connectivity index (χ0v) is 12.3. The average molecular weight is 267 g/mol. The van der Waals surface area contributed by atoms with E-state index in [0.717, 1.165) is 53.7 Å². The van der Waals surface area contributed by atoms with Crippen molar-refractivity contribution in [2.24, 2.45) is 11.8 Å². The van der Waals surface area contributed by atoms with Crippen LogP contribution in [0.2, 0.25) is 5.02 Å². The Labute approximate surface area is 115 Å². The molecule has 1 aromatic rings. The Morgan fingerprint density at radius 2 is 1.89 bits per heavy atom. The maximum absolute atomic E-state index is 10.8. The van der Waals surface area contributed by atoms with Crippen LogP contribution in [0.4, 0.5) is 0 Å². The van der Waals surface area contributed by atoms with Gasteiger partial charge < -0.3 is 5.11 Å². The van der Waals surface area contributed by atoms with Gasteiger partial charge >= 0.3 is 0 Å². The Bertz CT molecular complexity index is 417. The summed E-state index contributed by atoms with van der Waals surface area (Å²) in [7, 11) is 0. The molecule has 1 aliphatic rings. The van der Waals surface area contributed by atoms with Crippen molar-refractivity contribution >= 4 is 11.6 Å². The van der Waals surface area contributed by atoms with Crippen LogP contribution in [0.3, 0.4) is 0 Å². The van der Waals surface area contributed by atoms with E-state index in [1.54, 1.807) is 0 Å². The fourth-order valence-electron chi connectivity index (χ4n) is 2.96. The molecular weight excluding hydrogens is 244 g/mol. The highest BCUT2D eigenvalue weighted by molar-refractivity contribution is 6.31. The van der Waals surface area contributed by atoms with Crippen molar-refractivity contribution in [2.45, 2.75) is 52.1 Å². The third-order valence-corrected chi connectivity index (χ3v) is 4.92. The van der Waals surface area contributed by atoms with Crippen LogP contribution in [0.5, 0.6) is 0 Å².